The molecule has 2 aromatic rings. The molecule has 3 nitrogen and oxygen atoms in total. The highest BCUT2D eigenvalue weighted by molar-refractivity contribution is 6.33. The average Bonchev–Trinajstić information content (AvgIpc) is 2.59. The molecule has 2 aromatic carbocycles. The molecule has 134 valence electrons. The van der Waals surface area contributed by atoms with Gasteiger partial charge >= 0.3 is 5.97 Å². The minimum absolute atomic E-state index is 0.0144. The van der Waals surface area contributed by atoms with Crippen LogP contribution in [0.15, 0.2) is 42.5 Å². The molecule has 2 rings (SSSR count). The molecular formula is C21H25ClO3. The summed E-state index contributed by atoms with van der Waals surface area (Å²) in [6.07, 6.45) is 8.72. The number of halogens is 1. The Kier molecular flexibility index (Phi) is 7.80. The van der Waals surface area contributed by atoms with Crippen LogP contribution in [0.5, 0.6) is 11.5 Å². The summed E-state index contributed by atoms with van der Waals surface area (Å²) < 4.78 is 5.34. The largest absolute Gasteiger partial charge is 0.508 e. The van der Waals surface area contributed by atoms with Crippen molar-refractivity contribution in [2.45, 2.75) is 51.9 Å². The molecule has 0 aliphatic carbocycles. The minimum Gasteiger partial charge on any atom is -0.508 e. The number of ether oxygens (including phenoxy) is 1. The predicted octanol–water partition coefficient (Wildman–Crippen LogP) is 6.17. The molecule has 0 fully saturated rings. The van der Waals surface area contributed by atoms with Gasteiger partial charge in [0, 0.05) is 0 Å². The van der Waals surface area contributed by atoms with Gasteiger partial charge in [-0.1, -0.05) is 62.8 Å². The predicted molar refractivity (Wildman–Crippen MR) is 102 cm³/mol. The molecule has 0 bridgehead atoms. The van der Waals surface area contributed by atoms with Crippen LogP contribution in [0.25, 0.3) is 0 Å². The van der Waals surface area contributed by atoms with Gasteiger partial charge in [0.05, 0.1) is 10.6 Å². The lowest BCUT2D eigenvalue weighted by atomic mass is 10.0. The number of esters is 1. The van der Waals surface area contributed by atoms with Crippen LogP contribution in [-0.4, -0.2) is 11.1 Å². The van der Waals surface area contributed by atoms with Gasteiger partial charge in [-0.05, 0) is 48.7 Å². The maximum Gasteiger partial charge on any atom is 0.345 e. The van der Waals surface area contributed by atoms with E-state index in [9.17, 15) is 9.90 Å². The summed E-state index contributed by atoms with van der Waals surface area (Å²) in [4.78, 5) is 12.1. The summed E-state index contributed by atoms with van der Waals surface area (Å²) >= 11 is 5.96. The first-order chi connectivity index (χ1) is 12.1. The first kappa shape index (κ1) is 19.3. The second kappa shape index (κ2) is 10.1. The topological polar surface area (TPSA) is 46.5 Å². The van der Waals surface area contributed by atoms with Gasteiger partial charge in [0.2, 0.25) is 0 Å². The Morgan fingerprint density at radius 2 is 1.68 bits per heavy atom. The number of benzene rings is 2. The first-order valence-electron chi connectivity index (χ1n) is 8.90. The van der Waals surface area contributed by atoms with Crippen LogP contribution < -0.4 is 4.74 Å². The van der Waals surface area contributed by atoms with Crippen molar-refractivity contribution >= 4 is 17.6 Å². The van der Waals surface area contributed by atoms with E-state index in [4.69, 9.17) is 16.3 Å². The highest BCUT2D eigenvalue weighted by Gasteiger charge is 2.13. The molecule has 0 heterocycles. The van der Waals surface area contributed by atoms with Gasteiger partial charge in [-0.25, -0.2) is 4.79 Å². The third kappa shape index (κ3) is 6.43. The van der Waals surface area contributed by atoms with Gasteiger partial charge in [0.1, 0.15) is 11.5 Å². The standard InChI is InChI=1S/C21H25ClO3/c1-2-3-4-5-6-7-8-16-9-12-18(13-10-16)25-21(24)19-14-11-17(23)15-20(19)22/h9-15,23H,2-8H2,1H3. The molecule has 0 unspecified atom stereocenters. The Morgan fingerprint density at radius 1 is 1.00 bits per heavy atom. The SMILES string of the molecule is CCCCCCCCc1ccc(OC(=O)c2ccc(O)cc2Cl)cc1. The van der Waals surface area contributed by atoms with E-state index in [2.05, 4.69) is 6.92 Å². The van der Waals surface area contributed by atoms with Crippen molar-refractivity contribution in [1.82, 2.24) is 0 Å². The molecule has 1 N–H and O–H groups in total. The number of hydrogen-bond acceptors (Lipinski definition) is 3. The molecule has 25 heavy (non-hydrogen) atoms. The third-order valence-corrected chi connectivity index (χ3v) is 4.44. The molecule has 0 atom stereocenters. The monoisotopic (exact) mass is 360 g/mol. The fourth-order valence-corrected chi connectivity index (χ4v) is 2.92. The normalized spacial score (nSPS) is 10.6. The Morgan fingerprint density at radius 3 is 2.36 bits per heavy atom. The van der Waals surface area contributed by atoms with E-state index in [1.165, 1.54) is 62.3 Å². The van der Waals surface area contributed by atoms with Crippen LogP contribution >= 0.6 is 11.6 Å². The summed E-state index contributed by atoms with van der Waals surface area (Å²) in [5.74, 6) is -0.0323. The van der Waals surface area contributed by atoms with Gasteiger partial charge < -0.3 is 9.84 Å². The zero-order chi connectivity index (χ0) is 18.1. The van der Waals surface area contributed by atoms with Gasteiger partial charge in [-0.2, -0.15) is 0 Å². The van der Waals surface area contributed by atoms with Crippen LogP contribution in [-0.2, 0) is 6.42 Å². The Balaban J connectivity index is 1.82. The lowest BCUT2D eigenvalue weighted by Crippen LogP contribution is -2.09. The third-order valence-electron chi connectivity index (χ3n) is 4.13. The molecule has 0 aromatic heterocycles. The summed E-state index contributed by atoms with van der Waals surface area (Å²) in [6, 6.07) is 11.8. The number of aryl methyl sites for hydroxylation is 1. The minimum atomic E-state index is -0.534. The van der Waals surface area contributed by atoms with Gasteiger partial charge in [-0.3, -0.25) is 0 Å². The molecule has 0 radical (unpaired) electrons. The molecule has 0 saturated carbocycles. The highest BCUT2D eigenvalue weighted by Crippen LogP contribution is 2.23. The lowest BCUT2D eigenvalue weighted by molar-refractivity contribution is 0.0735. The number of rotatable bonds is 9. The zero-order valence-corrected chi connectivity index (χ0v) is 15.4. The quantitative estimate of drug-likeness (QED) is 0.330. The van der Waals surface area contributed by atoms with Crippen LogP contribution in [0.3, 0.4) is 0 Å². The Hall–Kier alpha value is -2.00. The maximum absolute atomic E-state index is 12.1. The number of aromatic hydroxyl groups is 1. The van der Waals surface area contributed by atoms with E-state index in [0.29, 0.717) is 5.75 Å². The smallest absolute Gasteiger partial charge is 0.345 e. The van der Waals surface area contributed by atoms with Gasteiger partial charge in [-0.15, -0.1) is 0 Å². The summed E-state index contributed by atoms with van der Waals surface area (Å²) in [6.45, 7) is 2.23. The van der Waals surface area contributed by atoms with Crippen molar-refractivity contribution in [1.29, 1.82) is 0 Å². The second-order valence-electron chi connectivity index (χ2n) is 6.22. The number of phenolic OH excluding ortho intramolecular Hbond substituents is 1. The number of carbonyl (C=O) groups is 1. The van der Waals surface area contributed by atoms with E-state index in [1.54, 1.807) is 12.1 Å². The van der Waals surface area contributed by atoms with E-state index >= 15 is 0 Å². The van der Waals surface area contributed by atoms with E-state index in [0.717, 1.165) is 6.42 Å². The van der Waals surface area contributed by atoms with Crippen LogP contribution in [0.2, 0.25) is 5.02 Å². The molecular weight excluding hydrogens is 336 g/mol. The first-order valence-corrected chi connectivity index (χ1v) is 9.27. The number of unbranched alkanes of at least 4 members (excludes halogenated alkanes) is 5. The fraction of sp³-hybridized carbons (Fsp3) is 0.381. The van der Waals surface area contributed by atoms with Crippen molar-refractivity contribution in [3.8, 4) is 11.5 Å². The maximum atomic E-state index is 12.1. The molecule has 4 heteroatoms. The highest BCUT2D eigenvalue weighted by atomic mass is 35.5. The van der Waals surface area contributed by atoms with E-state index in [-0.39, 0.29) is 16.3 Å². The zero-order valence-electron chi connectivity index (χ0n) is 14.6. The van der Waals surface area contributed by atoms with Crippen LogP contribution in [0.1, 0.15) is 61.4 Å². The van der Waals surface area contributed by atoms with Crippen molar-refractivity contribution < 1.29 is 14.6 Å². The number of phenols is 1. The molecule has 0 aliphatic heterocycles. The van der Waals surface area contributed by atoms with Crippen LogP contribution in [0.4, 0.5) is 0 Å². The Labute approximate surface area is 154 Å². The van der Waals surface area contributed by atoms with Crippen molar-refractivity contribution in [3.63, 3.8) is 0 Å². The molecule has 0 amide bonds. The van der Waals surface area contributed by atoms with E-state index in [1.807, 2.05) is 12.1 Å². The summed E-state index contributed by atoms with van der Waals surface area (Å²) in [5.41, 5.74) is 1.48. The fourth-order valence-electron chi connectivity index (χ4n) is 2.67. The van der Waals surface area contributed by atoms with E-state index < -0.39 is 5.97 Å². The molecule has 0 saturated heterocycles. The van der Waals surface area contributed by atoms with Gasteiger partial charge in [0.25, 0.3) is 0 Å². The number of hydrogen-bond donors (Lipinski definition) is 1. The summed E-state index contributed by atoms with van der Waals surface area (Å²) in [7, 11) is 0. The second-order valence-corrected chi connectivity index (χ2v) is 6.62. The lowest BCUT2D eigenvalue weighted by Gasteiger charge is -2.07. The summed E-state index contributed by atoms with van der Waals surface area (Å²) in [5, 5.41) is 9.51. The van der Waals surface area contributed by atoms with Crippen molar-refractivity contribution in [2.24, 2.45) is 0 Å². The van der Waals surface area contributed by atoms with Crippen LogP contribution in [0, 0.1) is 0 Å². The van der Waals surface area contributed by atoms with Gasteiger partial charge in [0.15, 0.2) is 0 Å². The average molecular weight is 361 g/mol. The number of carbonyl (C=O) groups excluding carboxylic acids is 1. The molecule has 0 spiro atoms. The van der Waals surface area contributed by atoms with Crippen molar-refractivity contribution in [3.05, 3.63) is 58.6 Å². The van der Waals surface area contributed by atoms with Crippen molar-refractivity contribution in [2.75, 3.05) is 0 Å². The molecule has 0 aliphatic rings. The Bertz CT molecular complexity index is 680.